The van der Waals surface area contributed by atoms with E-state index in [1.165, 1.54) is 49.0 Å². The molecule has 0 heterocycles. The molecule has 0 unspecified atom stereocenters. The molecule has 0 aliphatic carbocycles. The molecular formula is C33H22NS. The molecule has 0 aliphatic rings. The summed E-state index contributed by atoms with van der Waals surface area (Å²) >= 11 is 1.73. The van der Waals surface area contributed by atoms with E-state index in [1.807, 2.05) is 18.2 Å². The highest BCUT2D eigenvalue weighted by molar-refractivity contribution is 7.98. The van der Waals surface area contributed by atoms with E-state index in [4.69, 9.17) is 0 Å². The number of benzene rings is 6. The van der Waals surface area contributed by atoms with Crippen LogP contribution in [0, 0.1) is 18.3 Å². The highest BCUT2D eigenvalue weighted by atomic mass is 32.2. The number of nitrogens with zero attached hydrogens (tertiary/aromatic N) is 1. The molecule has 2 heteroatoms. The van der Waals surface area contributed by atoms with E-state index in [0.717, 1.165) is 16.2 Å². The molecule has 0 N–H and O–H groups in total. The van der Waals surface area contributed by atoms with Crippen molar-refractivity contribution in [3.05, 3.63) is 133 Å². The molecule has 6 rings (SSSR count). The quantitative estimate of drug-likeness (QED) is 0.192. The second kappa shape index (κ2) is 8.95. The van der Waals surface area contributed by atoms with Crippen LogP contribution in [0.25, 0.3) is 43.4 Å². The van der Waals surface area contributed by atoms with Gasteiger partial charge in [-0.25, -0.2) is 0 Å². The van der Waals surface area contributed by atoms with Gasteiger partial charge in [0, 0.05) is 10.6 Å². The van der Waals surface area contributed by atoms with Gasteiger partial charge >= 0.3 is 0 Å². The lowest BCUT2D eigenvalue weighted by Crippen LogP contribution is -1.87. The largest absolute Gasteiger partial charge is 0.192 e. The van der Waals surface area contributed by atoms with E-state index in [9.17, 15) is 5.26 Å². The van der Waals surface area contributed by atoms with Crippen molar-refractivity contribution in [3.8, 4) is 17.2 Å². The Balaban J connectivity index is 1.39. The van der Waals surface area contributed by atoms with Crippen LogP contribution in [-0.2, 0) is 5.75 Å². The minimum absolute atomic E-state index is 0.671. The summed E-state index contributed by atoms with van der Waals surface area (Å²) in [6.07, 6.45) is 0. The lowest BCUT2D eigenvalue weighted by Gasteiger charge is -2.12. The standard InChI is InChI=1S/C33H22NS/c1-22-12-13-23(20-34)15-33(22)35-21-24-6-4-9-27(14-24)31-11-5-10-28-18-29-16-25-7-2-3-8-26(25)17-30(29)19-32(28)31/h2-19H,1,21H2. The van der Waals surface area contributed by atoms with Crippen LogP contribution in [0.2, 0.25) is 0 Å². The number of rotatable bonds is 4. The fourth-order valence-electron chi connectivity index (χ4n) is 4.72. The third-order valence-corrected chi connectivity index (χ3v) is 7.70. The summed E-state index contributed by atoms with van der Waals surface area (Å²) in [5.74, 6) is 0.824. The molecule has 0 amide bonds. The first-order valence-corrected chi connectivity index (χ1v) is 12.6. The van der Waals surface area contributed by atoms with Crippen molar-refractivity contribution in [3.63, 3.8) is 0 Å². The minimum Gasteiger partial charge on any atom is -0.192 e. The van der Waals surface area contributed by atoms with Crippen LogP contribution in [0.3, 0.4) is 0 Å². The predicted octanol–water partition coefficient (Wildman–Crippen LogP) is 9.16. The lowest BCUT2D eigenvalue weighted by molar-refractivity contribution is 1.33. The Hall–Kier alpha value is -4.06. The van der Waals surface area contributed by atoms with Crippen molar-refractivity contribution in [1.82, 2.24) is 0 Å². The average molecular weight is 465 g/mol. The van der Waals surface area contributed by atoms with E-state index < -0.39 is 0 Å². The zero-order valence-electron chi connectivity index (χ0n) is 19.2. The number of fused-ring (bicyclic) bond motifs is 3. The van der Waals surface area contributed by atoms with E-state index in [1.54, 1.807) is 11.8 Å². The van der Waals surface area contributed by atoms with Crippen molar-refractivity contribution in [2.45, 2.75) is 10.6 Å². The van der Waals surface area contributed by atoms with Gasteiger partial charge in [-0.15, -0.1) is 11.8 Å². The first-order valence-electron chi connectivity index (χ1n) is 11.6. The van der Waals surface area contributed by atoms with Crippen LogP contribution in [0.1, 0.15) is 16.7 Å². The van der Waals surface area contributed by atoms with Gasteiger partial charge in [-0.05, 0) is 97.9 Å². The van der Waals surface area contributed by atoms with Crippen LogP contribution in [0.15, 0.2) is 114 Å². The van der Waals surface area contributed by atoms with Gasteiger partial charge in [-0.2, -0.15) is 5.26 Å². The number of hydrogen-bond acceptors (Lipinski definition) is 2. The molecule has 0 spiro atoms. The van der Waals surface area contributed by atoms with Gasteiger partial charge in [-0.3, -0.25) is 0 Å². The third-order valence-electron chi connectivity index (χ3n) is 6.53. The molecule has 1 radical (unpaired) electrons. The Morgan fingerprint density at radius 3 is 2.17 bits per heavy atom. The maximum Gasteiger partial charge on any atom is 0.0992 e. The molecule has 0 saturated carbocycles. The Labute approximate surface area is 209 Å². The van der Waals surface area contributed by atoms with Gasteiger partial charge in [0.25, 0.3) is 0 Å². The van der Waals surface area contributed by atoms with Crippen molar-refractivity contribution >= 4 is 44.1 Å². The Morgan fingerprint density at radius 2 is 1.37 bits per heavy atom. The first-order chi connectivity index (χ1) is 17.2. The first kappa shape index (κ1) is 21.5. The van der Waals surface area contributed by atoms with E-state index >= 15 is 0 Å². The van der Waals surface area contributed by atoms with Crippen molar-refractivity contribution in [1.29, 1.82) is 5.26 Å². The van der Waals surface area contributed by atoms with Crippen LogP contribution in [0.5, 0.6) is 0 Å². The lowest BCUT2D eigenvalue weighted by atomic mass is 9.94. The highest BCUT2D eigenvalue weighted by Crippen LogP contribution is 2.35. The van der Waals surface area contributed by atoms with Gasteiger partial charge in [0.2, 0.25) is 0 Å². The molecule has 35 heavy (non-hydrogen) atoms. The highest BCUT2D eigenvalue weighted by Gasteiger charge is 2.08. The zero-order valence-corrected chi connectivity index (χ0v) is 20.0. The second-order valence-electron chi connectivity index (χ2n) is 8.85. The van der Waals surface area contributed by atoms with Gasteiger partial charge in [-0.1, -0.05) is 72.8 Å². The van der Waals surface area contributed by atoms with Crippen LogP contribution >= 0.6 is 11.8 Å². The van der Waals surface area contributed by atoms with Crippen LogP contribution < -0.4 is 0 Å². The summed E-state index contributed by atoms with van der Waals surface area (Å²) in [6.45, 7) is 4.12. The van der Waals surface area contributed by atoms with E-state index in [2.05, 4.69) is 104 Å². The van der Waals surface area contributed by atoms with Crippen molar-refractivity contribution in [2.75, 3.05) is 0 Å². The molecule has 6 aromatic carbocycles. The SMILES string of the molecule is [CH2]c1ccc(C#N)cc1SCc1cccc(-c2cccc3cc4cc5ccccc5cc4cc23)c1. The fraction of sp³-hybridized carbons (Fsp3) is 0.0303. The molecule has 1 nitrogen and oxygen atoms in total. The molecule has 0 fully saturated rings. The third kappa shape index (κ3) is 4.16. The average Bonchev–Trinajstić information content (AvgIpc) is 2.90. The monoisotopic (exact) mass is 464 g/mol. The molecule has 0 aliphatic heterocycles. The van der Waals surface area contributed by atoms with E-state index in [0.29, 0.717) is 5.56 Å². The summed E-state index contributed by atoms with van der Waals surface area (Å²) in [5, 5.41) is 16.8. The Morgan fingerprint density at radius 1 is 0.657 bits per heavy atom. The van der Waals surface area contributed by atoms with Gasteiger partial charge in [0.05, 0.1) is 11.6 Å². The zero-order chi connectivity index (χ0) is 23.8. The molecule has 0 atom stereocenters. The molecule has 0 aromatic heterocycles. The van der Waals surface area contributed by atoms with Gasteiger partial charge in [0.15, 0.2) is 0 Å². The Bertz CT molecular complexity index is 1770. The summed E-state index contributed by atoms with van der Waals surface area (Å²) in [6, 6.07) is 41.0. The van der Waals surface area contributed by atoms with Crippen LogP contribution in [0.4, 0.5) is 0 Å². The van der Waals surface area contributed by atoms with Crippen LogP contribution in [-0.4, -0.2) is 0 Å². The molecule has 6 aromatic rings. The number of hydrogen-bond donors (Lipinski definition) is 0. The maximum atomic E-state index is 9.23. The smallest absolute Gasteiger partial charge is 0.0992 e. The predicted molar refractivity (Wildman–Crippen MR) is 150 cm³/mol. The maximum absolute atomic E-state index is 9.23. The summed E-state index contributed by atoms with van der Waals surface area (Å²) in [5.41, 5.74) is 5.34. The van der Waals surface area contributed by atoms with Gasteiger partial charge < -0.3 is 0 Å². The molecule has 165 valence electrons. The summed E-state index contributed by atoms with van der Waals surface area (Å²) < 4.78 is 0. The minimum atomic E-state index is 0.671. The number of nitriles is 1. The topological polar surface area (TPSA) is 23.8 Å². The molecule has 0 saturated heterocycles. The summed E-state index contributed by atoms with van der Waals surface area (Å²) in [7, 11) is 0. The van der Waals surface area contributed by atoms with Crippen molar-refractivity contribution < 1.29 is 0 Å². The second-order valence-corrected chi connectivity index (χ2v) is 9.87. The normalized spacial score (nSPS) is 11.2. The van der Waals surface area contributed by atoms with Crippen molar-refractivity contribution in [2.24, 2.45) is 0 Å². The molecule has 0 bridgehead atoms. The van der Waals surface area contributed by atoms with Gasteiger partial charge in [0.1, 0.15) is 0 Å². The van der Waals surface area contributed by atoms with E-state index in [-0.39, 0.29) is 0 Å². The fourth-order valence-corrected chi connectivity index (χ4v) is 5.68. The summed E-state index contributed by atoms with van der Waals surface area (Å²) in [4.78, 5) is 1.05. The number of thioether (sulfide) groups is 1. The molecular weight excluding hydrogens is 442 g/mol. The Kier molecular flexibility index (Phi) is 5.49.